The minimum atomic E-state index is 0.931. The van der Waals surface area contributed by atoms with Gasteiger partial charge < -0.3 is 0 Å². The molecule has 0 bridgehead atoms. The van der Waals surface area contributed by atoms with Crippen LogP contribution in [-0.2, 0) is 0 Å². The number of nitrogens with zero attached hydrogens (tertiary/aromatic N) is 4. The summed E-state index contributed by atoms with van der Waals surface area (Å²) >= 11 is 0. The van der Waals surface area contributed by atoms with Gasteiger partial charge >= 0.3 is 0 Å². The van der Waals surface area contributed by atoms with Crippen molar-refractivity contribution in [3.05, 3.63) is 437 Å². The Balaban J connectivity index is 0.000000145. The summed E-state index contributed by atoms with van der Waals surface area (Å²) in [7, 11) is 0. The zero-order valence-corrected chi connectivity index (χ0v) is 63.4. The quantitative estimate of drug-likeness (QED) is 0.114. The topological polar surface area (TPSA) is 51.6 Å². The molecule has 0 amide bonds. The van der Waals surface area contributed by atoms with Crippen LogP contribution in [0.15, 0.2) is 437 Å². The molecule has 0 fully saturated rings. The summed E-state index contributed by atoms with van der Waals surface area (Å²) in [5.41, 5.74) is 28.2. The summed E-state index contributed by atoms with van der Waals surface area (Å²) in [6, 6.07) is 156. The lowest BCUT2D eigenvalue weighted by Crippen LogP contribution is -1.94. The SMILES string of the molecule is c1ccc(-c2cc(-c3ccc(-c4cc(-c5cccc6ccccc56)c5cc(-c6cccc7ccccc67)c6ccccc6c5n4)cc3)cc(-c3ccccc3)n2)cc1.c1ccc(-c2cc(-c3ccccc3)nc(-c3ccc(-c4cc(-c5cccc6ccccc56)c5cc(-c6cccc7ccccc67)c6ccccc6c5n4)cc3)c2)cc1. The van der Waals surface area contributed by atoms with Crippen LogP contribution in [0.25, 0.3) is 221 Å². The molecule has 0 atom stereocenters. The van der Waals surface area contributed by atoms with E-state index in [-0.39, 0.29) is 0 Å². The third kappa shape index (κ3) is 12.8. The molecule has 0 saturated carbocycles. The number of fused-ring (bicyclic) bond motifs is 10. The van der Waals surface area contributed by atoms with Gasteiger partial charge in [0.05, 0.1) is 45.2 Å². The maximum atomic E-state index is 5.54. The summed E-state index contributed by atoms with van der Waals surface area (Å²) in [6.07, 6.45) is 0. The van der Waals surface area contributed by atoms with Crippen molar-refractivity contribution in [1.29, 1.82) is 0 Å². The monoisotopic (exact) mass is 1470 g/mol. The van der Waals surface area contributed by atoms with Gasteiger partial charge in [-0.25, -0.2) is 19.9 Å². The van der Waals surface area contributed by atoms with Crippen LogP contribution in [-0.4, -0.2) is 19.9 Å². The molecule has 0 unspecified atom stereocenters. The Hall–Kier alpha value is -15.4. The van der Waals surface area contributed by atoms with E-state index in [9.17, 15) is 0 Å². The maximum absolute atomic E-state index is 5.54. The van der Waals surface area contributed by atoms with Crippen LogP contribution < -0.4 is 0 Å². The van der Waals surface area contributed by atoms with Crippen molar-refractivity contribution in [3.63, 3.8) is 0 Å². The molecule has 18 aromatic carbocycles. The van der Waals surface area contributed by atoms with Crippen molar-refractivity contribution < 1.29 is 0 Å². The van der Waals surface area contributed by atoms with Gasteiger partial charge in [0.2, 0.25) is 0 Å². The van der Waals surface area contributed by atoms with Crippen LogP contribution >= 0.6 is 0 Å². The highest BCUT2D eigenvalue weighted by molar-refractivity contribution is 6.21. The zero-order valence-electron chi connectivity index (χ0n) is 63.4. The Morgan fingerprint density at radius 2 is 0.328 bits per heavy atom. The fraction of sp³-hybridized carbons (Fsp3) is 0. The average molecular weight is 1470 g/mol. The van der Waals surface area contributed by atoms with Crippen LogP contribution in [0.3, 0.4) is 0 Å². The van der Waals surface area contributed by atoms with E-state index in [1.54, 1.807) is 0 Å². The molecule has 0 N–H and O–H groups in total. The number of benzene rings is 18. The molecule has 4 nitrogen and oxygen atoms in total. The molecule has 116 heavy (non-hydrogen) atoms. The molecular formula is C112H72N4. The molecule has 0 aliphatic carbocycles. The smallest absolute Gasteiger partial charge is 0.0794 e. The standard InChI is InChI=1S/2C56H36N2/c1-3-17-40(18-4-1)53-33-43(34-54(57-53)41-19-5-2-6-20-41)37-29-31-42(32-30-37)55-36-51(47-28-14-22-39-16-8-10-24-45(39)47)52-35-50(48-25-11-12-26-49(48)56(52)58-55)46-27-13-21-38-15-7-9-23-44(38)46;1-3-15-37(16-4-1)43-33-53(40-19-5-2-6-20-40)57-54(34-43)41-29-31-42(32-30-41)55-36-51(47-28-14-22-39-18-8-10-24-45(39)47)52-35-50(48-25-11-12-26-49(48)56(52)58-55)46-27-13-21-38-17-7-9-23-44(38)46/h2*1-36H. The average Bonchev–Trinajstić information content (AvgIpc) is 0.734. The van der Waals surface area contributed by atoms with Gasteiger partial charge in [0.1, 0.15) is 0 Å². The van der Waals surface area contributed by atoms with Crippen LogP contribution in [0.1, 0.15) is 0 Å². The van der Waals surface area contributed by atoms with E-state index < -0.39 is 0 Å². The van der Waals surface area contributed by atoms with Crippen LogP contribution in [0.2, 0.25) is 0 Å². The molecule has 22 aromatic rings. The van der Waals surface area contributed by atoms with Crippen LogP contribution in [0.5, 0.6) is 0 Å². The van der Waals surface area contributed by atoms with Crippen molar-refractivity contribution in [3.8, 4) is 134 Å². The van der Waals surface area contributed by atoms with Gasteiger partial charge in [-0.3, -0.25) is 0 Å². The predicted molar refractivity (Wildman–Crippen MR) is 489 cm³/mol. The van der Waals surface area contributed by atoms with Gasteiger partial charge in [-0.15, -0.1) is 0 Å². The second kappa shape index (κ2) is 29.7. The lowest BCUT2D eigenvalue weighted by Gasteiger charge is -2.17. The molecule has 0 aliphatic heterocycles. The van der Waals surface area contributed by atoms with E-state index in [2.05, 4.69) is 419 Å². The number of pyridine rings is 4. The minimum Gasteiger partial charge on any atom is -0.248 e. The van der Waals surface area contributed by atoms with Crippen LogP contribution in [0, 0.1) is 0 Å². The number of rotatable bonds is 12. The molecule has 0 saturated heterocycles. The lowest BCUT2D eigenvalue weighted by molar-refractivity contribution is 1.32. The van der Waals surface area contributed by atoms with Gasteiger partial charge in [0.15, 0.2) is 0 Å². The van der Waals surface area contributed by atoms with Gasteiger partial charge in [-0.05, 0) is 169 Å². The second-order valence-corrected chi connectivity index (χ2v) is 29.8. The Labute approximate surface area is 673 Å². The van der Waals surface area contributed by atoms with Crippen molar-refractivity contribution >= 4 is 86.4 Å². The van der Waals surface area contributed by atoms with E-state index >= 15 is 0 Å². The zero-order chi connectivity index (χ0) is 76.8. The fourth-order valence-corrected chi connectivity index (χ4v) is 17.2. The molecular weight excluding hydrogens is 1400 g/mol. The Morgan fingerprint density at radius 1 is 0.112 bits per heavy atom. The molecule has 4 heterocycles. The third-order valence-electron chi connectivity index (χ3n) is 22.9. The van der Waals surface area contributed by atoms with Crippen molar-refractivity contribution in [2.24, 2.45) is 0 Å². The molecule has 22 rings (SSSR count). The summed E-state index contributed by atoms with van der Waals surface area (Å²) in [4.78, 5) is 21.4. The Bertz CT molecular complexity index is 6940. The van der Waals surface area contributed by atoms with Gasteiger partial charge in [-0.2, -0.15) is 0 Å². The molecule has 0 aliphatic rings. The van der Waals surface area contributed by atoms with E-state index in [4.69, 9.17) is 19.9 Å². The largest absolute Gasteiger partial charge is 0.248 e. The molecule has 0 radical (unpaired) electrons. The first-order valence-electron chi connectivity index (χ1n) is 39.6. The molecule has 4 heteroatoms. The van der Waals surface area contributed by atoms with Crippen molar-refractivity contribution in [2.75, 3.05) is 0 Å². The van der Waals surface area contributed by atoms with Crippen molar-refractivity contribution in [2.45, 2.75) is 0 Å². The summed E-state index contributed by atoms with van der Waals surface area (Å²) in [5, 5.41) is 16.7. The minimum absolute atomic E-state index is 0.931. The fourth-order valence-electron chi connectivity index (χ4n) is 17.2. The molecule has 540 valence electrons. The Morgan fingerprint density at radius 3 is 0.638 bits per heavy atom. The van der Waals surface area contributed by atoms with E-state index in [1.807, 2.05) is 18.2 Å². The second-order valence-electron chi connectivity index (χ2n) is 29.8. The summed E-state index contributed by atoms with van der Waals surface area (Å²) in [6.45, 7) is 0. The lowest BCUT2D eigenvalue weighted by atomic mass is 9.88. The maximum Gasteiger partial charge on any atom is 0.0794 e. The summed E-state index contributed by atoms with van der Waals surface area (Å²) < 4.78 is 0. The summed E-state index contributed by atoms with van der Waals surface area (Å²) in [5.74, 6) is 0. The van der Waals surface area contributed by atoms with Gasteiger partial charge in [0, 0.05) is 54.9 Å². The van der Waals surface area contributed by atoms with Gasteiger partial charge in [-0.1, -0.05) is 388 Å². The molecule has 0 spiro atoms. The van der Waals surface area contributed by atoms with Gasteiger partial charge in [0.25, 0.3) is 0 Å². The third-order valence-corrected chi connectivity index (χ3v) is 22.9. The van der Waals surface area contributed by atoms with E-state index in [1.165, 1.54) is 92.8 Å². The first-order chi connectivity index (χ1) is 57.5. The number of hydrogen-bond acceptors (Lipinski definition) is 4. The first-order valence-corrected chi connectivity index (χ1v) is 39.6. The molecule has 4 aromatic heterocycles. The Kier molecular flexibility index (Phi) is 17.6. The van der Waals surface area contributed by atoms with Crippen LogP contribution in [0.4, 0.5) is 0 Å². The normalized spacial score (nSPS) is 11.4. The number of hydrogen-bond donors (Lipinski definition) is 0. The predicted octanol–water partition coefficient (Wildman–Crippen LogP) is 30.2. The van der Waals surface area contributed by atoms with E-state index in [0.717, 1.165) is 128 Å². The highest BCUT2D eigenvalue weighted by Gasteiger charge is 2.23. The number of aromatic nitrogens is 4. The first kappa shape index (κ1) is 68.7. The van der Waals surface area contributed by atoms with Crippen molar-refractivity contribution in [1.82, 2.24) is 19.9 Å². The van der Waals surface area contributed by atoms with E-state index in [0.29, 0.717) is 0 Å². The highest BCUT2D eigenvalue weighted by atomic mass is 14.7. The highest BCUT2D eigenvalue weighted by Crippen LogP contribution is 2.47.